The van der Waals surface area contributed by atoms with Crippen molar-refractivity contribution in [2.24, 2.45) is 16.9 Å². The number of nitrogens with one attached hydrogen (secondary N) is 1. The highest BCUT2D eigenvalue weighted by molar-refractivity contribution is 5.97. The monoisotopic (exact) mass is 519 g/mol. The van der Waals surface area contributed by atoms with Crippen LogP contribution in [0.3, 0.4) is 0 Å². The van der Waals surface area contributed by atoms with Crippen molar-refractivity contribution in [3.8, 4) is 0 Å². The fraction of sp³-hybridized carbons (Fsp3) is 0.467. The molecular weight excluding hydrogens is 482 g/mol. The highest BCUT2D eigenvalue weighted by Gasteiger charge is 2.29. The van der Waals surface area contributed by atoms with Crippen LogP contribution in [-0.4, -0.2) is 46.4 Å². The molecule has 202 valence electrons. The first-order valence-corrected chi connectivity index (χ1v) is 13.5. The number of aliphatic carboxylic acids is 1. The summed E-state index contributed by atoms with van der Waals surface area (Å²) in [5, 5.41) is 18.0. The molecule has 8 heteroatoms. The third-order valence-electron chi connectivity index (χ3n) is 7.43. The average molecular weight is 520 g/mol. The molecule has 2 amide bonds. The number of benzene rings is 2. The van der Waals surface area contributed by atoms with Gasteiger partial charge in [-0.15, -0.1) is 5.10 Å². The number of rotatable bonds is 10. The van der Waals surface area contributed by atoms with Crippen LogP contribution >= 0.6 is 0 Å². The van der Waals surface area contributed by atoms with E-state index >= 15 is 0 Å². The lowest BCUT2D eigenvalue weighted by Gasteiger charge is -2.31. The second-order valence-corrected chi connectivity index (χ2v) is 10.6. The molecular formula is C30H37N3O5. The highest BCUT2D eigenvalue weighted by Crippen LogP contribution is 2.30. The third kappa shape index (κ3) is 7.21. The fourth-order valence-electron chi connectivity index (χ4n) is 5.30. The van der Waals surface area contributed by atoms with E-state index in [-0.39, 0.29) is 42.7 Å². The number of hydrogen-bond acceptors (Lipinski definition) is 5. The topological polar surface area (TPSA) is 108 Å². The molecule has 2 aromatic rings. The number of carboxylic acids is 1. The summed E-state index contributed by atoms with van der Waals surface area (Å²) in [5.41, 5.74) is 2.68. The van der Waals surface area contributed by atoms with Gasteiger partial charge >= 0.3 is 5.97 Å². The molecule has 1 unspecified atom stereocenters. The lowest BCUT2D eigenvalue weighted by atomic mass is 9.82. The molecule has 0 aromatic heterocycles. The number of carboxylic acid groups (broad SMARTS) is 1. The first kappa shape index (κ1) is 27.4. The van der Waals surface area contributed by atoms with Gasteiger partial charge in [-0.3, -0.25) is 14.4 Å². The second-order valence-electron chi connectivity index (χ2n) is 10.6. The van der Waals surface area contributed by atoms with Crippen LogP contribution in [-0.2, 0) is 25.7 Å². The summed E-state index contributed by atoms with van der Waals surface area (Å²) in [6.45, 7) is 4.37. The molecule has 38 heavy (non-hydrogen) atoms. The molecule has 0 saturated heterocycles. The van der Waals surface area contributed by atoms with Gasteiger partial charge in [0.05, 0.1) is 12.5 Å². The van der Waals surface area contributed by atoms with Crippen molar-refractivity contribution >= 4 is 23.7 Å². The molecule has 0 radical (unpaired) electrons. The van der Waals surface area contributed by atoms with Crippen LogP contribution in [0.5, 0.6) is 0 Å². The van der Waals surface area contributed by atoms with Crippen LogP contribution in [0.1, 0.15) is 75.0 Å². The molecule has 8 nitrogen and oxygen atoms in total. The largest absolute Gasteiger partial charge is 0.481 e. The number of amides is 2. The first-order chi connectivity index (χ1) is 18.3. The van der Waals surface area contributed by atoms with Gasteiger partial charge in [0.25, 0.3) is 5.91 Å². The summed E-state index contributed by atoms with van der Waals surface area (Å²) >= 11 is 0. The standard InChI is InChI=1S/C30H37N3O5/c1-20(2)28(29(37)31-25-15-10-21(11-16-25)12-17-27(35)36)23-13-8-22(9-14-23)18-33-26(34)19-38-30(32-33)24-6-4-3-5-7-24/h3-9,13-14,20-21,25,28H,10-12,15-19H2,1-2H3,(H,31,37)(H,35,36)/t21-,25+,28?. The second kappa shape index (κ2) is 12.7. The Morgan fingerprint density at radius 1 is 1.05 bits per heavy atom. The predicted octanol–water partition coefficient (Wildman–Crippen LogP) is 4.69. The van der Waals surface area contributed by atoms with Gasteiger partial charge in [0.1, 0.15) is 0 Å². The van der Waals surface area contributed by atoms with E-state index in [9.17, 15) is 14.4 Å². The van der Waals surface area contributed by atoms with Crippen LogP contribution in [0.2, 0.25) is 0 Å². The van der Waals surface area contributed by atoms with Crippen molar-refractivity contribution in [1.29, 1.82) is 0 Å². The summed E-state index contributed by atoms with van der Waals surface area (Å²) in [5.74, 6) is -0.220. The van der Waals surface area contributed by atoms with Crippen LogP contribution in [0.15, 0.2) is 59.7 Å². The molecule has 2 aliphatic rings. The van der Waals surface area contributed by atoms with E-state index in [0.29, 0.717) is 24.8 Å². The Kier molecular flexibility index (Phi) is 9.15. The lowest BCUT2D eigenvalue weighted by Crippen LogP contribution is -2.41. The van der Waals surface area contributed by atoms with E-state index < -0.39 is 5.97 Å². The molecule has 1 heterocycles. The number of nitrogens with zero attached hydrogens (tertiary/aromatic N) is 2. The van der Waals surface area contributed by atoms with Crippen molar-refractivity contribution in [2.45, 2.75) is 70.9 Å². The van der Waals surface area contributed by atoms with Gasteiger partial charge in [-0.25, -0.2) is 5.01 Å². The van der Waals surface area contributed by atoms with Crippen LogP contribution in [0, 0.1) is 11.8 Å². The molecule has 2 aromatic carbocycles. The molecule has 0 spiro atoms. The molecule has 1 saturated carbocycles. The first-order valence-electron chi connectivity index (χ1n) is 13.5. The van der Waals surface area contributed by atoms with Crippen LogP contribution in [0.4, 0.5) is 0 Å². The zero-order valence-corrected chi connectivity index (χ0v) is 22.1. The Bertz CT molecular complexity index is 1140. The van der Waals surface area contributed by atoms with E-state index in [1.54, 1.807) is 0 Å². The number of ether oxygens (including phenoxy) is 1. The third-order valence-corrected chi connectivity index (χ3v) is 7.43. The maximum atomic E-state index is 13.3. The average Bonchev–Trinajstić information content (AvgIpc) is 2.91. The molecule has 0 bridgehead atoms. The fourth-order valence-corrected chi connectivity index (χ4v) is 5.30. The Morgan fingerprint density at radius 3 is 2.37 bits per heavy atom. The maximum absolute atomic E-state index is 13.3. The van der Waals surface area contributed by atoms with E-state index in [0.717, 1.165) is 42.4 Å². The minimum absolute atomic E-state index is 0.0298. The Balaban J connectivity index is 1.36. The quantitative estimate of drug-likeness (QED) is 0.474. The van der Waals surface area contributed by atoms with E-state index in [2.05, 4.69) is 10.4 Å². The molecule has 4 rings (SSSR count). The van der Waals surface area contributed by atoms with Crippen molar-refractivity contribution < 1.29 is 24.2 Å². The number of hydrazone groups is 1. The SMILES string of the molecule is CC(C)C(C(=O)N[C@H]1CC[C@@H](CCC(=O)O)CC1)c1ccc(CN2N=C(c3ccccc3)OCC2=O)cc1. The number of carbonyl (C=O) groups excluding carboxylic acids is 2. The molecule has 1 fully saturated rings. The van der Waals surface area contributed by atoms with Gasteiger partial charge in [-0.05, 0) is 67.2 Å². The highest BCUT2D eigenvalue weighted by atomic mass is 16.5. The summed E-state index contributed by atoms with van der Waals surface area (Å²) in [6, 6.07) is 17.5. The van der Waals surface area contributed by atoms with E-state index in [1.165, 1.54) is 5.01 Å². The lowest BCUT2D eigenvalue weighted by molar-refractivity contribution is -0.137. The minimum atomic E-state index is -0.743. The smallest absolute Gasteiger partial charge is 0.303 e. The van der Waals surface area contributed by atoms with Crippen LogP contribution < -0.4 is 5.32 Å². The van der Waals surface area contributed by atoms with Gasteiger partial charge in [0.2, 0.25) is 11.8 Å². The van der Waals surface area contributed by atoms with Gasteiger partial charge in [0.15, 0.2) is 6.61 Å². The summed E-state index contributed by atoms with van der Waals surface area (Å²) in [6.07, 6.45) is 4.61. The molecule has 2 N–H and O–H groups in total. The van der Waals surface area contributed by atoms with E-state index in [1.807, 2.05) is 68.4 Å². The Hall–Kier alpha value is -3.68. The summed E-state index contributed by atoms with van der Waals surface area (Å²) in [4.78, 5) is 36.6. The minimum Gasteiger partial charge on any atom is -0.481 e. The normalized spacial score (nSPS) is 20.4. The predicted molar refractivity (Wildman–Crippen MR) is 144 cm³/mol. The zero-order chi connectivity index (χ0) is 27.1. The molecule has 1 atom stereocenters. The van der Waals surface area contributed by atoms with E-state index in [4.69, 9.17) is 9.84 Å². The summed E-state index contributed by atoms with van der Waals surface area (Å²) in [7, 11) is 0. The van der Waals surface area contributed by atoms with Gasteiger partial charge in [-0.1, -0.05) is 56.3 Å². The maximum Gasteiger partial charge on any atom is 0.303 e. The van der Waals surface area contributed by atoms with Gasteiger partial charge in [0, 0.05) is 18.0 Å². The Morgan fingerprint density at radius 2 is 1.74 bits per heavy atom. The number of carbonyl (C=O) groups is 3. The number of hydrogen-bond donors (Lipinski definition) is 2. The molecule has 1 aliphatic carbocycles. The summed E-state index contributed by atoms with van der Waals surface area (Å²) < 4.78 is 5.53. The zero-order valence-electron chi connectivity index (χ0n) is 22.1. The van der Waals surface area contributed by atoms with Crippen molar-refractivity contribution in [1.82, 2.24) is 10.3 Å². The van der Waals surface area contributed by atoms with Crippen LogP contribution in [0.25, 0.3) is 0 Å². The van der Waals surface area contributed by atoms with Crippen molar-refractivity contribution in [3.05, 3.63) is 71.3 Å². The van der Waals surface area contributed by atoms with Crippen molar-refractivity contribution in [2.75, 3.05) is 6.61 Å². The molecule has 1 aliphatic heterocycles. The van der Waals surface area contributed by atoms with Gasteiger partial charge < -0.3 is 15.2 Å². The van der Waals surface area contributed by atoms with Crippen molar-refractivity contribution in [3.63, 3.8) is 0 Å². The Labute approximate surface area is 224 Å². The van der Waals surface area contributed by atoms with Gasteiger partial charge in [-0.2, -0.15) is 0 Å².